The number of nitrogens with one attached hydrogen (secondary N) is 1. The van der Waals surface area contributed by atoms with Crippen molar-refractivity contribution in [3.05, 3.63) is 96.7 Å². The van der Waals surface area contributed by atoms with Gasteiger partial charge in [0.1, 0.15) is 11.4 Å². The fourth-order valence-electron chi connectivity index (χ4n) is 4.29. The second-order valence-corrected chi connectivity index (χ2v) is 8.12. The number of anilines is 1. The van der Waals surface area contributed by atoms with Crippen LogP contribution in [0.15, 0.2) is 91.1 Å². The monoisotopic (exact) mass is 438 g/mol. The van der Waals surface area contributed by atoms with E-state index in [2.05, 4.69) is 5.32 Å². The van der Waals surface area contributed by atoms with Gasteiger partial charge in [0.15, 0.2) is 0 Å². The summed E-state index contributed by atoms with van der Waals surface area (Å²) in [6.07, 6.45) is 2.73. The molecule has 6 nitrogen and oxygen atoms in total. The van der Waals surface area contributed by atoms with E-state index in [0.717, 1.165) is 23.4 Å². The first-order chi connectivity index (χ1) is 16.2. The molecule has 1 aliphatic rings. The normalized spacial score (nSPS) is 15.4. The van der Waals surface area contributed by atoms with Gasteiger partial charge >= 0.3 is 0 Å². The molecule has 0 radical (unpaired) electrons. The lowest BCUT2D eigenvalue weighted by Gasteiger charge is -2.18. The molecule has 166 valence electrons. The number of hydrogen-bond acceptors (Lipinski definition) is 4. The minimum Gasteiger partial charge on any atom is -0.496 e. The predicted molar refractivity (Wildman–Crippen MR) is 130 cm³/mol. The van der Waals surface area contributed by atoms with Gasteiger partial charge in [0.25, 0.3) is 5.91 Å². The van der Waals surface area contributed by atoms with Crippen molar-refractivity contribution in [1.29, 1.82) is 0 Å². The number of carbonyl (C=O) groups excluding carboxylic acids is 1. The summed E-state index contributed by atoms with van der Waals surface area (Å²) in [5, 5.41) is 8.35. The summed E-state index contributed by atoms with van der Waals surface area (Å²) < 4.78 is 7.34. The van der Waals surface area contributed by atoms with E-state index in [1.165, 1.54) is 0 Å². The number of para-hydroxylation sites is 3. The average molecular weight is 439 g/mol. The summed E-state index contributed by atoms with van der Waals surface area (Å²) >= 11 is 0. The van der Waals surface area contributed by atoms with Crippen LogP contribution in [0.3, 0.4) is 0 Å². The Morgan fingerprint density at radius 1 is 0.970 bits per heavy atom. The molecule has 3 aromatic carbocycles. The van der Waals surface area contributed by atoms with Crippen molar-refractivity contribution < 1.29 is 9.53 Å². The second kappa shape index (κ2) is 9.20. The Kier molecular flexibility index (Phi) is 5.81. The summed E-state index contributed by atoms with van der Waals surface area (Å²) in [5.41, 5.74) is 3.97. The minimum atomic E-state index is -0.0181. The van der Waals surface area contributed by atoms with Gasteiger partial charge in [-0.3, -0.25) is 4.79 Å². The lowest BCUT2D eigenvalue weighted by Crippen LogP contribution is -2.31. The van der Waals surface area contributed by atoms with Crippen LogP contribution in [0.5, 0.6) is 5.75 Å². The standard InChI is InChI=1S/C27H26N4O2/c1-33-25-15-9-8-14-23(25)26-24(19-31(29-26)22-12-6-3-7-13-22)27(32)30-17-16-21(18-30)28-20-10-4-2-5-11-20/h2-15,19,21,28H,16-18H2,1H3. The van der Waals surface area contributed by atoms with Crippen molar-refractivity contribution in [2.24, 2.45) is 0 Å². The molecule has 0 spiro atoms. The summed E-state index contributed by atoms with van der Waals surface area (Å²) in [5.74, 6) is 0.672. The van der Waals surface area contributed by atoms with Crippen LogP contribution >= 0.6 is 0 Å². The molecule has 0 aliphatic carbocycles. The van der Waals surface area contributed by atoms with E-state index in [1.807, 2.05) is 96.0 Å². The number of methoxy groups -OCH3 is 1. The van der Waals surface area contributed by atoms with E-state index in [9.17, 15) is 4.79 Å². The molecule has 1 N–H and O–H groups in total. The molecule has 1 saturated heterocycles. The van der Waals surface area contributed by atoms with E-state index in [-0.39, 0.29) is 11.9 Å². The molecule has 1 aromatic heterocycles. The van der Waals surface area contributed by atoms with Crippen molar-refractivity contribution in [3.63, 3.8) is 0 Å². The number of benzene rings is 3. The molecule has 0 saturated carbocycles. The number of carbonyl (C=O) groups is 1. The van der Waals surface area contributed by atoms with Gasteiger partial charge in [0, 0.05) is 36.6 Å². The van der Waals surface area contributed by atoms with Gasteiger partial charge in [-0.15, -0.1) is 0 Å². The topological polar surface area (TPSA) is 59.4 Å². The third kappa shape index (κ3) is 4.32. The van der Waals surface area contributed by atoms with Crippen LogP contribution in [0.25, 0.3) is 16.9 Å². The molecule has 5 rings (SSSR count). The second-order valence-electron chi connectivity index (χ2n) is 8.12. The highest BCUT2D eigenvalue weighted by molar-refractivity contribution is 6.00. The van der Waals surface area contributed by atoms with Gasteiger partial charge in [-0.1, -0.05) is 48.5 Å². The number of nitrogens with zero attached hydrogens (tertiary/aromatic N) is 3. The first kappa shape index (κ1) is 20.8. The SMILES string of the molecule is COc1ccccc1-c1nn(-c2ccccc2)cc1C(=O)N1CCC(Nc2ccccc2)C1. The molecule has 2 heterocycles. The smallest absolute Gasteiger partial charge is 0.257 e. The lowest BCUT2D eigenvalue weighted by atomic mass is 10.1. The molecule has 1 amide bonds. The van der Waals surface area contributed by atoms with Crippen molar-refractivity contribution in [3.8, 4) is 22.7 Å². The quantitative estimate of drug-likeness (QED) is 0.466. The fraction of sp³-hybridized carbons (Fsp3) is 0.185. The van der Waals surface area contributed by atoms with E-state index in [0.29, 0.717) is 30.1 Å². The Labute approximate surface area is 193 Å². The highest BCUT2D eigenvalue weighted by Gasteiger charge is 2.30. The van der Waals surface area contributed by atoms with Gasteiger partial charge in [-0.05, 0) is 42.8 Å². The van der Waals surface area contributed by atoms with Crippen LogP contribution in [0.4, 0.5) is 5.69 Å². The van der Waals surface area contributed by atoms with Gasteiger partial charge in [-0.2, -0.15) is 5.10 Å². The largest absolute Gasteiger partial charge is 0.496 e. The van der Waals surface area contributed by atoms with Crippen LogP contribution in [-0.4, -0.2) is 46.8 Å². The Hall–Kier alpha value is -4.06. The number of rotatable bonds is 6. The zero-order valence-corrected chi connectivity index (χ0v) is 18.5. The predicted octanol–water partition coefficient (Wildman–Crippen LogP) is 4.87. The van der Waals surface area contributed by atoms with E-state index in [1.54, 1.807) is 11.8 Å². The summed E-state index contributed by atoms with van der Waals surface area (Å²) in [6, 6.07) is 27.9. The van der Waals surface area contributed by atoms with Crippen LogP contribution < -0.4 is 10.1 Å². The number of likely N-dealkylation sites (tertiary alicyclic amines) is 1. The van der Waals surface area contributed by atoms with E-state index < -0.39 is 0 Å². The van der Waals surface area contributed by atoms with Crippen molar-refractivity contribution in [1.82, 2.24) is 14.7 Å². The van der Waals surface area contributed by atoms with Gasteiger partial charge in [0.2, 0.25) is 0 Å². The molecule has 4 aromatic rings. The first-order valence-corrected chi connectivity index (χ1v) is 11.1. The molecule has 6 heteroatoms. The molecule has 0 bridgehead atoms. The van der Waals surface area contributed by atoms with Crippen molar-refractivity contribution in [2.45, 2.75) is 12.5 Å². The molecular weight excluding hydrogens is 412 g/mol. The molecule has 1 unspecified atom stereocenters. The van der Waals surface area contributed by atoms with Crippen molar-refractivity contribution in [2.75, 3.05) is 25.5 Å². The van der Waals surface area contributed by atoms with E-state index >= 15 is 0 Å². The third-order valence-electron chi connectivity index (χ3n) is 5.95. The number of ether oxygens (including phenoxy) is 1. The molecule has 33 heavy (non-hydrogen) atoms. The maximum Gasteiger partial charge on any atom is 0.257 e. The maximum atomic E-state index is 13.7. The summed E-state index contributed by atoms with van der Waals surface area (Å²) in [6.45, 7) is 1.35. The van der Waals surface area contributed by atoms with Crippen molar-refractivity contribution >= 4 is 11.6 Å². The Balaban J connectivity index is 1.46. The van der Waals surface area contributed by atoms with Crippen LogP contribution in [0, 0.1) is 0 Å². The fourth-order valence-corrected chi connectivity index (χ4v) is 4.29. The van der Waals surface area contributed by atoms with Gasteiger partial charge in [0.05, 0.1) is 18.4 Å². The van der Waals surface area contributed by atoms with Gasteiger partial charge in [-0.25, -0.2) is 4.68 Å². The molecule has 1 atom stereocenters. The lowest BCUT2D eigenvalue weighted by molar-refractivity contribution is 0.0792. The van der Waals surface area contributed by atoms with Crippen LogP contribution in [0.1, 0.15) is 16.8 Å². The maximum absolute atomic E-state index is 13.7. The third-order valence-corrected chi connectivity index (χ3v) is 5.95. The molecule has 1 aliphatic heterocycles. The van der Waals surface area contributed by atoms with Gasteiger partial charge < -0.3 is 15.0 Å². The van der Waals surface area contributed by atoms with E-state index in [4.69, 9.17) is 9.84 Å². The zero-order chi connectivity index (χ0) is 22.6. The first-order valence-electron chi connectivity index (χ1n) is 11.1. The Bertz CT molecular complexity index is 1240. The number of amides is 1. The number of hydrogen-bond donors (Lipinski definition) is 1. The Morgan fingerprint density at radius 2 is 1.67 bits per heavy atom. The minimum absolute atomic E-state index is 0.0181. The Morgan fingerprint density at radius 3 is 2.42 bits per heavy atom. The summed E-state index contributed by atoms with van der Waals surface area (Å²) in [4.78, 5) is 15.6. The van der Waals surface area contributed by atoms with Crippen LogP contribution in [0.2, 0.25) is 0 Å². The molecular formula is C27H26N4O2. The highest BCUT2D eigenvalue weighted by atomic mass is 16.5. The zero-order valence-electron chi connectivity index (χ0n) is 18.5. The number of aromatic nitrogens is 2. The van der Waals surface area contributed by atoms with Crippen LogP contribution in [-0.2, 0) is 0 Å². The molecule has 1 fully saturated rings. The summed E-state index contributed by atoms with van der Waals surface area (Å²) in [7, 11) is 1.63. The highest BCUT2D eigenvalue weighted by Crippen LogP contribution is 2.33. The average Bonchev–Trinajstić information content (AvgIpc) is 3.52.